The predicted molar refractivity (Wildman–Crippen MR) is 56.7 cm³/mol. The molecule has 1 aliphatic heterocycles. The number of rotatable bonds is 1. The van der Waals surface area contributed by atoms with Crippen LogP contribution in [-0.2, 0) is 4.79 Å². The number of hydrogen-bond donors (Lipinski definition) is 2. The maximum atomic E-state index is 11.1. The second-order valence-corrected chi connectivity index (χ2v) is 5.10. The van der Waals surface area contributed by atoms with Crippen molar-refractivity contribution in [1.82, 2.24) is 10.6 Å². The molecular formula is C8H5BrN2O2S. The van der Waals surface area contributed by atoms with Gasteiger partial charge in [-0.25, -0.2) is 4.79 Å². The van der Waals surface area contributed by atoms with Crippen LogP contribution in [0.2, 0.25) is 0 Å². The molecule has 2 rings (SSSR count). The minimum atomic E-state index is -0.475. The first-order valence-corrected chi connectivity index (χ1v) is 5.35. The van der Waals surface area contributed by atoms with Crippen LogP contribution in [0.5, 0.6) is 0 Å². The topological polar surface area (TPSA) is 58.2 Å². The van der Waals surface area contributed by atoms with Crippen LogP contribution in [0.1, 0.15) is 4.88 Å². The van der Waals surface area contributed by atoms with Gasteiger partial charge in [0.25, 0.3) is 5.91 Å². The molecule has 0 bridgehead atoms. The van der Waals surface area contributed by atoms with E-state index in [1.54, 1.807) is 6.08 Å². The van der Waals surface area contributed by atoms with Gasteiger partial charge in [0.15, 0.2) is 0 Å². The number of hydrogen-bond acceptors (Lipinski definition) is 3. The van der Waals surface area contributed by atoms with Gasteiger partial charge in [-0.2, -0.15) is 0 Å². The van der Waals surface area contributed by atoms with E-state index < -0.39 is 6.03 Å². The number of amides is 3. The van der Waals surface area contributed by atoms with Gasteiger partial charge in [-0.05, 0) is 34.1 Å². The lowest BCUT2D eigenvalue weighted by Gasteiger charge is -1.90. The Bertz CT molecular complexity index is 438. The number of urea groups is 1. The van der Waals surface area contributed by atoms with Crippen molar-refractivity contribution in [3.63, 3.8) is 0 Å². The number of thiophene rings is 1. The largest absolute Gasteiger partial charge is 0.326 e. The number of carbonyl (C=O) groups excluding carboxylic acids is 2. The molecule has 1 aromatic heterocycles. The maximum absolute atomic E-state index is 11.1. The number of carbonyl (C=O) groups is 2. The minimum absolute atomic E-state index is 0.282. The summed E-state index contributed by atoms with van der Waals surface area (Å²) in [6, 6.07) is 3.27. The van der Waals surface area contributed by atoms with Gasteiger partial charge < -0.3 is 5.32 Å². The Hall–Kier alpha value is -1.14. The van der Waals surface area contributed by atoms with Gasteiger partial charge in [-0.1, -0.05) is 0 Å². The van der Waals surface area contributed by atoms with Gasteiger partial charge in [0.1, 0.15) is 5.70 Å². The van der Waals surface area contributed by atoms with Crippen LogP contribution >= 0.6 is 27.3 Å². The number of nitrogens with one attached hydrogen (secondary N) is 2. The highest BCUT2D eigenvalue weighted by molar-refractivity contribution is 9.11. The fourth-order valence-electron chi connectivity index (χ4n) is 1.03. The first-order valence-electron chi connectivity index (χ1n) is 3.74. The van der Waals surface area contributed by atoms with E-state index in [0.29, 0.717) is 0 Å². The van der Waals surface area contributed by atoms with E-state index in [9.17, 15) is 9.59 Å². The van der Waals surface area contributed by atoms with Gasteiger partial charge in [-0.15, -0.1) is 11.3 Å². The smallest absolute Gasteiger partial charge is 0.303 e. The van der Waals surface area contributed by atoms with Gasteiger partial charge in [-0.3, -0.25) is 10.1 Å². The molecule has 14 heavy (non-hydrogen) atoms. The fraction of sp³-hybridized carbons (Fsp3) is 0. The van der Waals surface area contributed by atoms with Crippen molar-refractivity contribution in [1.29, 1.82) is 0 Å². The van der Waals surface area contributed by atoms with Crippen molar-refractivity contribution in [2.45, 2.75) is 0 Å². The normalized spacial score (nSPS) is 18.5. The van der Waals surface area contributed by atoms with Crippen molar-refractivity contribution in [2.75, 3.05) is 0 Å². The Morgan fingerprint density at radius 2 is 2.07 bits per heavy atom. The SMILES string of the molecule is O=C1NC(=O)/C(=C\c2ccc(Br)s2)N1. The zero-order chi connectivity index (χ0) is 10.1. The summed E-state index contributed by atoms with van der Waals surface area (Å²) in [5, 5.41) is 4.54. The Morgan fingerprint density at radius 3 is 2.57 bits per heavy atom. The average molecular weight is 273 g/mol. The molecule has 0 atom stereocenters. The zero-order valence-corrected chi connectivity index (χ0v) is 9.24. The molecule has 0 spiro atoms. The van der Waals surface area contributed by atoms with E-state index in [1.165, 1.54) is 11.3 Å². The monoisotopic (exact) mass is 272 g/mol. The molecule has 3 amide bonds. The Morgan fingerprint density at radius 1 is 1.29 bits per heavy atom. The van der Waals surface area contributed by atoms with Crippen LogP contribution in [0, 0.1) is 0 Å². The third-order valence-electron chi connectivity index (χ3n) is 1.60. The Balaban J connectivity index is 2.27. The highest BCUT2D eigenvalue weighted by Crippen LogP contribution is 2.24. The molecule has 0 saturated carbocycles. The van der Waals surface area contributed by atoms with Crippen LogP contribution < -0.4 is 10.6 Å². The molecule has 4 nitrogen and oxygen atoms in total. The molecule has 2 heterocycles. The lowest BCUT2D eigenvalue weighted by atomic mass is 10.3. The quantitative estimate of drug-likeness (QED) is 0.604. The van der Waals surface area contributed by atoms with E-state index in [4.69, 9.17) is 0 Å². The van der Waals surface area contributed by atoms with Crippen LogP contribution in [0.25, 0.3) is 6.08 Å². The highest BCUT2D eigenvalue weighted by atomic mass is 79.9. The molecule has 0 unspecified atom stereocenters. The van der Waals surface area contributed by atoms with Crippen molar-refractivity contribution < 1.29 is 9.59 Å². The first kappa shape index (κ1) is 9.42. The van der Waals surface area contributed by atoms with Gasteiger partial charge in [0.2, 0.25) is 0 Å². The summed E-state index contributed by atoms with van der Waals surface area (Å²) < 4.78 is 0.981. The summed E-state index contributed by atoms with van der Waals surface area (Å²) >= 11 is 4.80. The average Bonchev–Trinajstić information content (AvgIpc) is 2.61. The summed E-state index contributed by atoms with van der Waals surface area (Å²) in [6.07, 6.45) is 1.63. The number of imide groups is 1. The van der Waals surface area contributed by atoms with E-state index in [2.05, 4.69) is 26.6 Å². The van der Waals surface area contributed by atoms with Crippen LogP contribution in [0.3, 0.4) is 0 Å². The van der Waals surface area contributed by atoms with E-state index in [0.717, 1.165) is 8.66 Å². The maximum Gasteiger partial charge on any atom is 0.326 e. The molecule has 1 aromatic rings. The van der Waals surface area contributed by atoms with Gasteiger partial charge in [0, 0.05) is 4.88 Å². The van der Waals surface area contributed by atoms with E-state index in [-0.39, 0.29) is 11.6 Å². The lowest BCUT2D eigenvalue weighted by Crippen LogP contribution is -2.22. The molecule has 2 N–H and O–H groups in total. The highest BCUT2D eigenvalue weighted by Gasteiger charge is 2.22. The molecule has 6 heteroatoms. The van der Waals surface area contributed by atoms with Crippen molar-refractivity contribution >= 4 is 45.3 Å². The molecule has 1 saturated heterocycles. The van der Waals surface area contributed by atoms with Gasteiger partial charge in [0.05, 0.1) is 3.79 Å². The summed E-state index contributed by atoms with van der Waals surface area (Å²) in [5.74, 6) is -0.389. The fourth-order valence-corrected chi connectivity index (χ4v) is 2.40. The van der Waals surface area contributed by atoms with Crippen LogP contribution in [0.15, 0.2) is 21.6 Å². The summed E-state index contributed by atoms with van der Waals surface area (Å²) in [5.41, 5.74) is 0.282. The molecular weight excluding hydrogens is 268 g/mol. The summed E-state index contributed by atoms with van der Waals surface area (Å²) in [6.45, 7) is 0. The second-order valence-electron chi connectivity index (χ2n) is 2.61. The van der Waals surface area contributed by atoms with Crippen LogP contribution in [-0.4, -0.2) is 11.9 Å². The third-order valence-corrected chi connectivity index (χ3v) is 3.17. The predicted octanol–water partition coefficient (Wildman–Crippen LogP) is 1.69. The molecule has 1 fully saturated rings. The Kier molecular flexibility index (Phi) is 2.39. The summed E-state index contributed by atoms with van der Waals surface area (Å²) in [4.78, 5) is 22.8. The van der Waals surface area contributed by atoms with E-state index in [1.807, 2.05) is 12.1 Å². The zero-order valence-electron chi connectivity index (χ0n) is 6.83. The molecule has 72 valence electrons. The minimum Gasteiger partial charge on any atom is -0.303 e. The molecule has 0 aromatic carbocycles. The second kappa shape index (κ2) is 3.55. The van der Waals surface area contributed by atoms with Gasteiger partial charge >= 0.3 is 6.03 Å². The van der Waals surface area contributed by atoms with E-state index >= 15 is 0 Å². The van der Waals surface area contributed by atoms with Crippen LogP contribution in [0.4, 0.5) is 4.79 Å². The van der Waals surface area contributed by atoms with Crippen molar-refractivity contribution in [2.24, 2.45) is 0 Å². The molecule has 1 aliphatic rings. The standard InChI is InChI=1S/C8H5BrN2O2S/c9-6-2-1-4(14-6)3-5-7(12)11-8(13)10-5/h1-3H,(H2,10,11,12,13)/b5-3+. The third kappa shape index (κ3) is 1.85. The lowest BCUT2D eigenvalue weighted by molar-refractivity contribution is -0.115. The first-order chi connectivity index (χ1) is 6.65. The van der Waals surface area contributed by atoms with Crippen molar-refractivity contribution in [3.8, 4) is 0 Å². The molecule has 0 aliphatic carbocycles. The molecule has 0 radical (unpaired) electrons. The Labute approximate surface area is 92.1 Å². The number of halogens is 1. The van der Waals surface area contributed by atoms with Crippen molar-refractivity contribution in [3.05, 3.63) is 26.5 Å². The summed E-state index contributed by atoms with van der Waals surface area (Å²) in [7, 11) is 0.